The molecule has 1 aromatic carbocycles. The summed E-state index contributed by atoms with van der Waals surface area (Å²) in [5.41, 5.74) is 4.30. The van der Waals surface area contributed by atoms with Gasteiger partial charge in [0.2, 0.25) is 0 Å². The van der Waals surface area contributed by atoms with Crippen molar-refractivity contribution < 1.29 is 0 Å². The normalized spacial score (nSPS) is 10.9. The van der Waals surface area contributed by atoms with Crippen LogP contribution in [0.25, 0.3) is 22.3 Å². The van der Waals surface area contributed by atoms with Crippen LogP contribution < -0.4 is 0 Å². The molecule has 2 nitrogen and oxygen atoms in total. The molecule has 0 atom stereocenters. The molecule has 3 rings (SSSR count). The Labute approximate surface area is 104 Å². The summed E-state index contributed by atoms with van der Waals surface area (Å²) in [6, 6.07) is 12.1. The van der Waals surface area contributed by atoms with Crippen LogP contribution in [0, 0.1) is 6.92 Å². The van der Waals surface area contributed by atoms with Gasteiger partial charge in [-0.15, -0.1) is 0 Å². The summed E-state index contributed by atoms with van der Waals surface area (Å²) in [4.78, 5) is 7.58. The molecule has 0 fully saturated rings. The first-order valence-electron chi connectivity index (χ1n) is 5.45. The molecule has 17 heavy (non-hydrogen) atoms. The number of fused-ring (bicyclic) bond motifs is 1. The van der Waals surface area contributed by atoms with Gasteiger partial charge in [0, 0.05) is 22.8 Å². The largest absolute Gasteiger partial charge is 0.339 e. The SMILES string of the molecule is Cc1ccccc1-c1cc2c(Cl)ccnc2[nH]1. The highest BCUT2D eigenvalue weighted by atomic mass is 35.5. The van der Waals surface area contributed by atoms with Gasteiger partial charge in [0.05, 0.1) is 5.02 Å². The smallest absolute Gasteiger partial charge is 0.139 e. The number of aromatic nitrogens is 2. The molecule has 0 saturated carbocycles. The van der Waals surface area contributed by atoms with Crippen molar-refractivity contribution in [2.45, 2.75) is 6.92 Å². The van der Waals surface area contributed by atoms with Crippen LogP contribution in [0.4, 0.5) is 0 Å². The van der Waals surface area contributed by atoms with Crippen LogP contribution >= 0.6 is 11.6 Å². The van der Waals surface area contributed by atoms with Crippen LogP contribution in [-0.4, -0.2) is 9.97 Å². The van der Waals surface area contributed by atoms with Crippen LogP contribution in [0.5, 0.6) is 0 Å². The highest BCUT2D eigenvalue weighted by Crippen LogP contribution is 2.29. The number of nitrogens with one attached hydrogen (secondary N) is 1. The Bertz CT molecular complexity index is 686. The monoisotopic (exact) mass is 242 g/mol. The minimum atomic E-state index is 0.728. The molecule has 0 aliphatic carbocycles. The van der Waals surface area contributed by atoms with E-state index in [1.807, 2.05) is 18.2 Å². The van der Waals surface area contributed by atoms with E-state index in [9.17, 15) is 0 Å². The van der Waals surface area contributed by atoms with E-state index in [1.54, 1.807) is 12.3 Å². The zero-order chi connectivity index (χ0) is 11.8. The predicted octanol–water partition coefficient (Wildman–Crippen LogP) is 4.19. The Hall–Kier alpha value is -1.80. The second-order valence-corrected chi connectivity index (χ2v) is 4.46. The maximum Gasteiger partial charge on any atom is 0.139 e. The molecule has 0 aliphatic heterocycles. The summed E-state index contributed by atoms with van der Waals surface area (Å²) in [7, 11) is 0. The van der Waals surface area contributed by atoms with Gasteiger partial charge in [-0.25, -0.2) is 4.98 Å². The molecule has 0 amide bonds. The number of pyridine rings is 1. The molecule has 3 aromatic rings. The third-order valence-corrected chi connectivity index (χ3v) is 3.24. The summed E-state index contributed by atoms with van der Waals surface area (Å²) in [5, 5.41) is 1.69. The first-order chi connectivity index (χ1) is 8.25. The van der Waals surface area contributed by atoms with Crippen molar-refractivity contribution in [3.05, 3.63) is 53.2 Å². The van der Waals surface area contributed by atoms with Crippen molar-refractivity contribution in [1.29, 1.82) is 0 Å². The van der Waals surface area contributed by atoms with Crippen LogP contribution in [0.1, 0.15) is 5.56 Å². The molecule has 0 aliphatic rings. The summed E-state index contributed by atoms with van der Waals surface area (Å²) in [5.74, 6) is 0. The number of nitrogens with zero attached hydrogens (tertiary/aromatic N) is 1. The van der Waals surface area contributed by atoms with Crippen molar-refractivity contribution >= 4 is 22.6 Å². The van der Waals surface area contributed by atoms with Gasteiger partial charge in [-0.3, -0.25) is 0 Å². The average molecular weight is 243 g/mol. The van der Waals surface area contributed by atoms with Gasteiger partial charge >= 0.3 is 0 Å². The zero-order valence-electron chi connectivity index (χ0n) is 9.37. The first-order valence-corrected chi connectivity index (χ1v) is 5.83. The number of H-pyrrole nitrogens is 1. The molecular weight excluding hydrogens is 232 g/mol. The van der Waals surface area contributed by atoms with Crippen molar-refractivity contribution in [3.8, 4) is 11.3 Å². The fourth-order valence-corrected chi connectivity index (χ4v) is 2.22. The third kappa shape index (κ3) is 1.71. The minimum Gasteiger partial charge on any atom is -0.339 e. The Morgan fingerprint density at radius 3 is 2.76 bits per heavy atom. The first kappa shape index (κ1) is 10.4. The van der Waals surface area contributed by atoms with Crippen LogP contribution in [0.15, 0.2) is 42.6 Å². The second-order valence-electron chi connectivity index (χ2n) is 4.05. The number of aromatic amines is 1. The van der Waals surface area contributed by atoms with Gasteiger partial charge in [0.15, 0.2) is 0 Å². The number of aryl methyl sites for hydroxylation is 1. The van der Waals surface area contributed by atoms with E-state index >= 15 is 0 Å². The maximum atomic E-state index is 6.14. The van der Waals surface area contributed by atoms with E-state index in [4.69, 9.17) is 11.6 Å². The van der Waals surface area contributed by atoms with Gasteiger partial charge in [-0.2, -0.15) is 0 Å². The fraction of sp³-hybridized carbons (Fsp3) is 0.0714. The second kappa shape index (κ2) is 3.90. The molecule has 1 N–H and O–H groups in total. The van der Waals surface area contributed by atoms with Crippen molar-refractivity contribution in [1.82, 2.24) is 9.97 Å². The number of hydrogen-bond acceptors (Lipinski definition) is 1. The number of halogens is 1. The molecule has 0 bridgehead atoms. The number of benzene rings is 1. The predicted molar refractivity (Wildman–Crippen MR) is 71.3 cm³/mol. The molecule has 2 aromatic heterocycles. The van der Waals surface area contributed by atoms with E-state index in [0.717, 1.165) is 21.7 Å². The molecule has 0 spiro atoms. The lowest BCUT2D eigenvalue weighted by Crippen LogP contribution is -1.81. The topological polar surface area (TPSA) is 28.7 Å². The Morgan fingerprint density at radius 2 is 2.00 bits per heavy atom. The molecule has 84 valence electrons. The van der Waals surface area contributed by atoms with Gasteiger partial charge in [0.25, 0.3) is 0 Å². The van der Waals surface area contributed by atoms with E-state index in [1.165, 1.54) is 11.1 Å². The van der Waals surface area contributed by atoms with E-state index in [-0.39, 0.29) is 0 Å². The fourth-order valence-electron chi connectivity index (χ4n) is 2.01. The molecule has 2 heterocycles. The lowest BCUT2D eigenvalue weighted by molar-refractivity contribution is 1.31. The molecular formula is C14H11ClN2. The Morgan fingerprint density at radius 1 is 1.18 bits per heavy atom. The van der Waals surface area contributed by atoms with Gasteiger partial charge in [0.1, 0.15) is 5.65 Å². The van der Waals surface area contributed by atoms with Gasteiger partial charge in [-0.1, -0.05) is 35.9 Å². The lowest BCUT2D eigenvalue weighted by Gasteiger charge is -2.01. The number of hydrogen-bond donors (Lipinski definition) is 1. The van der Waals surface area contributed by atoms with Crippen LogP contribution in [-0.2, 0) is 0 Å². The van der Waals surface area contributed by atoms with Crippen molar-refractivity contribution in [2.24, 2.45) is 0 Å². The van der Waals surface area contributed by atoms with Gasteiger partial charge < -0.3 is 4.98 Å². The van der Waals surface area contributed by atoms with Gasteiger partial charge in [-0.05, 0) is 24.6 Å². The average Bonchev–Trinajstić information content (AvgIpc) is 2.75. The third-order valence-electron chi connectivity index (χ3n) is 2.91. The zero-order valence-corrected chi connectivity index (χ0v) is 10.1. The summed E-state index contributed by atoms with van der Waals surface area (Å²) < 4.78 is 0. The Kier molecular flexibility index (Phi) is 2.37. The highest BCUT2D eigenvalue weighted by Gasteiger charge is 2.08. The van der Waals surface area contributed by atoms with E-state index in [2.05, 4.69) is 29.0 Å². The van der Waals surface area contributed by atoms with Crippen LogP contribution in [0.3, 0.4) is 0 Å². The summed E-state index contributed by atoms with van der Waals surface area (Å²) in [6.07, 6.45) is 1.71. The molecule has 0 saturated heterocycles. The van der Waals surface area contributed by atoms with Crippen molar-refractivity contribution in [2.75, 3.05) is 0 Å². The standard InChI is InChI=1S/C14H11ClN2/c1-9-4-2-3-5-10(9)13-8-11-12(15)6-7-16-14(11)17-13/h2-8H,1H3,(H,16,17). The highest BCUT2D eigenvalue weighted by molar-refractivity contribution is 6.35. The summed E-state index contributed by atoms with van der Waals surface area (Å²) >= 11 is 6.14. The van der Waals surface area contributed by atoms with E-state index in [0.29, 0.717) is 0 Å². The molecule has 3 heteroatoms. The van der Waals surface area contributed by atoms with Crippen LogP contribution in [0.2, 0.25) is 5.02 Å². The molecule has 0 unspecified atom stereocenters. The van der Waals surface area contributed by atoms with Crippen molar-refractivity contribution in [3.63, 3.8) is 0 Å². The minimum absolute atomic E-state index is 0.728. The maximum absolute atomic E-state index is 6.14. The lowest BCUT2D eigenvalue weighted by atomic mass is 10.1. The van der Waals surface area contributed by atoms with E-state index < -0.39 is 0 Å². The quantitative estimate of drug-likeness (QED) is 0.681. The summed E-state index contributed by atoms with van der Waals surface area (Å²) in [6.45, 7) is 2.09. The molecule has 0 radical (unpaired) electrons. The Balaban J connectivity index is 2.26. The number of rotatable bonds is 1.